The van der Waals surface area contributed by atoms with Gasteiger partial charge in [-0.1, -0.05) is 30.3 Å². The Labute approximate surface area is 303 Å². The van der Waals surface area contributed by atoms with Crippen molar-refractivity contribution < 1.29 is 14.4 Å². The van der Waals surface area contributed by atoms with Crippen LogP contribution in [0.2, 0.25) is 0 Å². The van der Waals surface area contributed by atoms with Gasteiger partial charge in [-0.2, -0.15) is 5.10 Å². The average molecular weight is 702 g/mol. The highest BCUT2D eigenvalue weighted by atomic mass is 16.2. The summed E-state index contributed by atoms with van der Waals surface area (Å²) in [5.74, 6) is 0.442. The number of fused-ring (bicyclic) bond motifs is 1. The number of hydrogen-bond donors (Lipinski definition) is 6. The molecule has 270 valence electrons. The standard InChI is InChI=1S/C40H47N9O3/c1-25-21-30(38(51)44-31-15-18-42-19-16-31)11-13-33(25)28-7-3-26(4-8-28)22-36(46-37(50)29-9-5-27(24-41)6-10-29)39(52)45-32-12-14-34-35(23-32)48-40(47-34)49-20-2-17-43-49/h2-4,7-8,11-14,17,20-21,23,27,29,31,36,42H,5-6,9-10,15-16,18-19,22,24,41H2,1H3,(H,44,51)(H,45,52)(H,46,50)(H,47,48)/t27-,29-,36-/m0/s1. The van der Waals surface area contributed by atoms with Crippen LogP contribution < -0.4 is 27.0 Å². The fraction of sp³-hybridized carbons (Fsp3) is 0.375. The van der Waals surface area contributed by atoms with E-state index in [0.717, 1.165) is 84.9 Å². The molecule has 1 aliphatic heterocycles. The van der Waals surface area contributed by atoms with E-state index in [1.807, 2.05) is 67.6 Å². The Bertz CT molecular complexity index is 2010. The van der Waals surface area contributed by atoms with Crippen LogP contribution in [0.1, 0.15) is 60.0 Å². The second kappa shape index (κ2) is 15.9. The maximum absolute atomic E-state index is 13.9. The Morgan fingerprint density at radius 1 is 0.962 bits per heavy atom. The average Bonchev–Trinajstić information content (AvgIpc) is 3.86. The summed E-state index contributed by atoms with van der Waals surface area (Å²) >= 11 is 0. The third-order valence-electron chi connectivity index (χ3n) is 10.5. The highest BCUT2D eigenvalue weighted by Gasteiger charge is 2.29. The van der Waals surface area contributed by atoms with Gasteiger partial charge in [-0.25, -0.2) is 9.67 Å². The topological polar surface area (TPSA) is 172 Å². The summed E-state index contributed by atoms with van der Waals surface area (Å²) in [6.07, 6.45) is 9.05. The molecule has 1 aliphatic carbocycles. The molecular weight excluding hydrogens is 654 g/mol. The van der Waals surface area contributed by atoms with Crippen molar-refractivity contribution in [1.29, 1.82) is 0 Å². The molecule has 0 spiro atoms. The van der Waals surface area contributed by atoms with Gasteiger partial charge in [0.1, 0.15) is 6.04 Å². The van der Waals surface area contributed by atoms with Crippen LogP contribution in [0, 0.1) is 18.8 Å². The third-order valence-corrected chi connectivity index (χ3v) is 10.5. The van der Waals surface area contributed by atoms with E-state index in [2.05, 4.69) is 36.3 Å². The molecule has 0 bridgehead atoms. The monoisotopic (exact) mass is 701 g/mol. The number of nitrogens with one attached hydrogen (secondary N) is 5. The van der Waals surface area contributed by atoms with E-state index < -0.39 is 6.04 Å². The Morgan fingerprint density at radius 2 is 1.75 bits per heavy atom. The minimum atomic E-state index is -0.790. The number of carbonyl (C=O) groups excluding carboxylic acids is 3. The fourth-order valence-corrected chi connectivity index (χ4v) is 7.38. The number of piperidine rings is 1. The molecule has 2 aromatic heterocycles. The van der Waals surface area contributed by atoms with Crippen LogP contribution in [0.5, 0.6) is 0 Å². The molecule has 2 fully saturated rings. The molecular formula is C40H47N9O3. The summed E-state index contributed by atoms with van der Waals surface area (Å²) in [6, 6.07) is 20.6. The van der Waals surface area contributed by atoms with E-state index >= 15 is 0 Å². The molecule has 3 amide bonds. The van der Waals surface area contributed by atoms with Crippen molar-refractivity contribution in [2.24, 2.45) is 17.6 Å². The Kier molecular flexibility index (Phi) is 10.7. The number of aryl methyl sites for hydroxylation is 1. The SMILES string of the molecule is Cc1cc(C(=O)NC2CCNCC2)ccc1-c1ccc(C[C@H](NC(=O)[C@H]2CC[C@H](CN)CC2)C(=O)Nc2ccc3nc(-n4cccn4)[nH]c3c2)cc1. The first-order valence-corrected chi connectivity index (χ1v) is 18.4. The maximum atomic E-state index is 13.9. The first-order chi connectivity index (χ1) is 25.3. The first kappa shape index (κ1) is 35.1. The van der Waals surface area contributed by atoms with E-state index in [9.17, 15) is 14.4 Å². The van der Waals surface area contributed by atoms with Gasteiger partial charge in [0, 0.05) is 42.0 Å². The number of rotatable bonds is 11. The van der Waals surface area contributed by atoms with Crippen LogP contribution in [0.3, 0.4) is 0 Å². The smallest absolute Gasteiger partial charge is 0.251 e. The molecule has 1 atom stereocenters. The zero-order valence-electron chi connectivity index (χ0n) is 29.5. The zero-order valence-corrected chi connectivity index (χ0v) is 29.5. The molecule has 2 aliphatic rings. The van der Waals surface area contributed by atoms with Crippen molar-refractivity contribution in [3.05, 3.63) is 95.8 Å². The molecule has 1 saturated heterocycles. The summed E-state index contributed by atoms with van der Waals surface area (Å²) in [4.78, 5) is 48.2. The molecule has 0 radical (unpaired) electrons. The largest absolute Gasteiger partial charge is 0.349 e. The highest BCUT2D eigenvalue weighted by Crippen LogP contribution is 2.29. The van der Waals surface area contributed by atoms with Crippen molar-refractivity contribution in [3.63, 3.8) is 0 Å². The fourth-order valence-electron chi connectivity index (χ4n) is 7.38. The van der Waals surface area contributed by atoms with Gasteiger partial charge < -0.3 is 32.0 Å². The lowest BCUT2D eigenvalue weighted by molar-refractivity contribution is -0.130. The highest BCUT2D eigenvalue weighted by molar-refractivity contribution is 5.99. The van der Waals surface area contributed by atoms with E-state index in [0.29, 0.717) is 36.1 Å². The van der Waals surface area contributed by atoms with Gasteiger partial charge in [0.05, 0.1) is 11.0 Å². The van der Waals surface area contributed by atoms with Crippen molar-refractivity contribution in [2.75, 3.05) is 25.0 Å². The number of anilines is 1. The number of imidazole rings is 1. The van der Waals surface area contributed by atoms with Crippen LogP contribution in [0.4, 0.5) is 5.69 Å². The van der Waals surface area contributed by atoms with E-state index in [4.69, 9.17) is 5.73 Å². The van der Waals surface area contributed by atoms with E-state index in [1.165, 1.54) is 0 Å². The number of amides is 3. The number of carbonyl (C=O) groups is 3. The van der Waals surface area contributed by atoms with Crippen molar-refractivity contribution in [3.8, 4) is 17.1 Å². The summed E-state index contributed by atoms with van der Waals surface area (Å²) in [7, 11) is 0. The lowest BCUT2D eigenvalue weighted by Gasteiger charge is -2.28. The van der Waals surface area contributed by atoms with Gasteiger partial charge in [-0.05, 0) is 130 Å². The van der Waals surface area contributed by atoms with Crippen LogP contribution in [0.15, 0.2) is 79.1 Å². The van der Waals surface area contributed by atoms with E-state index in [1.54, 1.807) is 23.1 Å². The lowest BCUT2D eigenvalue weighted by atomic mass is 9.81. The van der Waals surface area contributed by atoms with Gasteiger partial charge in [-0.15, -0.1) is 0 Å². The van der Waals surface area contributed by atoms with Crippen LogP contribution >= 0.6 is 0 Å². The normalized spacial score (nSPS) is 18.5. The Hall–Kier alpha value is -5.33. The van der Waals surface area contributed by atoms with Gasteiger partial charge in [0.15, 0.2) is 0 Å². The maximum Gasteiger partial charge on any atom is 0.251 e. The molecule has 1 saturated carbocycles. The molecule has 7 N–H and O–H groups in total. The number of hydrogen-bond acceptors (Lipinski definition) is 7. The van der Waals surface area contributed by atoms with Gasteiger partial charge in [0.25, 0.3) is 5.91 Å². The predicted octanol–water partition coefficient (Wildman–Crippen LogP) is 4.64. The number of aromatic nitrogens is 4. The van der Waals surface area contributed by atoms with Gasteiger partial charge in [0.2, 0.25) is 17.8 Å². The van der Waals surface area contributed by atoms with Crippen molar-refractivity contribution in [1.82, 2.24) is 35.7 Å². The van der Waals surface area contributed by atoms with Crippen molar-refractivity contribution >= 4 is 34.4 Å². The summed E-state index contributed by atoms with van der Waals surface area (Å²) in [6.45, 7) is 4.49. The van der Waals surface area contributed by atoms with Crippen molar-refractivity contribution in [2.45, 2.75) is 64.0 Å². The number of nitrogens with two attached hydrogens (primary N) is 1. The Morgan fingerprint density at radius 3 is 2.46 bits per heavy atom. The van der Waals surface area contributed by atoms with Gasteiger partial charge in [-0.3, -0.25) is 14.4 Å². The zero-order chi connectivity index (χ0) is 36.0. The van der Waals surface area contributed by atoms with Gasteiger partial charge >= 0.3 is 0 Å². The number of H-pyrrole nitrogens is 1. The third kappa shape index (κ3) is 8.24. The summed E-state index contributed by atoms with van der Waals surface area (Å²) < 4.78 is 1.64. The summed E-state index contributed by atoms with van der Waals surface area (Å²) in [5.41, 5.74) is 12.6. The molecule has 12 heteroatoms. The molecule has 3 aromatic carbocycles. The minimum absolute atomic E-state index is 0.0424. The van der Waals surface area contributed by atoms with Crippen LogP contribution in [0.25, 0.3) is 28.1 Å². The molecule has 12 nitrogen and oxygen atoms in total. The molecule has 5 aromatic rings. The predicted molar refractivity (Wildman–Crippen MR) is 202 cm³/mol. The van der Waals surface area contributed by atoms with Crippen LogP contribution in [-0.2, 0) is 16.0 Å². The molecule has 3 heterocycles. The quantitative estimate of drug-likeness (QED) is 0.117. The summed E-state index contributed by atoms with van der Waals surface area (Å²) in [5, 5.41) is 16.9. The number of benzene rings is 3. The molecule has 7 rings (SSSR count). The molecule has 52 heavy (non-hydrogen) atoms. The second-order valence-corrected chi connectivity index (χ2v) is 14.2. The number of aromatic amines is 1. The van der Waals surface area contributed by atoms with E-state index in [-0.39, 0.29) is 29.7 Å². The first-order valence-electron chi connectivity index (χ1n) is 18.4. The number of nitrogens with zero attached hydrogens (tertiary/aromatic N) is 3. The second-order valence-electron chi connectivity index (χ2n) is 14.2. The lowest BCUT2D eigenvalue weighted by Crippen LogP contribution is -2.48. The Balaban J connectivity index is 1.05. The van der Waals surface area contributed by atoms with Crippen LogP contribution in [-0.4, -0.2) is 69.2 Å². The minimum Gasteiger partial charge on any atom is -0.349 e. The molecule has 0 unspecified atom stereocenters.